The zero-order valence-electron chi connectivity index (χ0n) is 12.6. The van der Waals surface area contributed by atoms with Crippen LogP contribution in [0, 0.1) is 13.8 Å². The van der Waals surface area contributed by atoms with Gasteiger partial charge in [-0.2, -0.15) is 0 Å². The summed E-state index contributed by atoms with van der Waals surface area (Å²) in [5, 5.41) is 2.86. The molecule has 5 heteroatoms. The summed E-state index contributed by atoms with van der Waals surface area (Å²) in [6.45, 7) is 8.24. The number of hydrogen-bond acceptors (Lipinski definition) is 3. The predicted octanol–water partition coefficient (Wildman–Crippen LogP) is 2.26. The van der Waals surface area contributed by atoms with Crippen LogP contribution in [-0.4, -0.2) is 36.1 Å². The van der Waals surface area contributed by atoms with Crippen LogP contribution in [0.15, 0.2) is 6.20 Å². The van der Waals surface area contributed by atoms with Crippen LogP contribution in [0.5, 0.6) is 5.75 Å². The van der Waals surface area contributed by atoms with Crippen LogP contribution in [0.1, 0.15) is 30.7 Å². The molecule has 1 rings (SSSR count). The first-order valence-corrected chi connectivity index (χ1v) is 6.38. The number of aryl methyl sites for hydroxylation is 1. The molecule has 0 aromatic carbocycles. The van der Waals surface area contributed by atoms with Crippen LogP contribution in [0.3, 0.4) is 0 Å². The van der Waals surface area contributed by atoms with Crippen molar-refractivity contribution in [2.45, 2.75) is 40.3 Å². The molecule has 0 radical (unpaired) electrons. The second-order valence-corrected chi connectivity index (χ2v) is 4.91. The maximum Gasteiger partial charge on any atom is 0.317 e. The van der Waals surface area contributed by atoms with Gasteiger partial charge >= 0.3 is 6.03 Å². The number of carbonyl (C=O) groups excluding carboxylic acids is 1. The number of aromatic nitrogens is 1. The molecule has 0 atom stereocenters. The average molecular weight is 265 g/mol. The summed E-state index contributed by atoms with van der Waals surface area (Å²) in [5.74, 6) is 0.830. The molecule has 0 saturated carbocycles. The van der Waals surface area contributed by atoms with Crippen LogP contribution in [0.4, 0.5) is 4.79 Å². The van der Waals surface area contributed by atoms with E-state index in [2.05, 4.69) is 10.3 Å². The first kappa shape index (κ1) is 15.3. The van der Waals surface area contributed by atoms with E-state index in [0.717, 1.165) is 22.6 Å². The third kappa shape index (κ3) is 3.59. The Balaban J connectivity index is 2.76. The fourth-order valence-corrected chi connectivity index (χ4v) is 1.77. The van der Waals surface area contributed by atoms with Gasteiger partial charge in [0.25, 0.3) is 0 Å². The molecular formula is C14H23N3O2. The zero-order valence-corrected chi connectivity index (χ0v) is 12.6. The number of nitrogens with one attached hydrogen (secondary N) is 1. The standard InChI is InChI=1S/C14H23N3O2/c1-9(2)17(5)14(18)16-8-12-11(4)13(19-6)10(3)7-15-12/h7,9H,8H2,1-6H3,(H,16,18). The van der Waals surface area contributed by atoms with Crippen molar-refractivity contribution in [2.75, 3.05) is 14.2 Å². The Morgan fingerprint density at radius 3 is 2.63 bits per heavy atom. The number of pyridine rings is 1. The van der Waals surface area contributed by atoms with Gasteiger partial charge in [-0.3, -0.25) is 4.98 Å². The third-order valence-corrected chi connectivity index (χ3v) is 3.25. The lowest BCUT2D eigenvalue weighted by atomic mass is 10.1. The van der Waals surface area contributed by atoms with Crippen LogP contribution in [0.25, 0.3) is 0 Å². The predicted molar refractivity (Wildman–Crippen MR) is 75.4 cm³/mol. The molecule has 106 valence electrons. The topological polar surface area (TPSA) is 54.5 Å². The van der Waals surface area contributed by atoms with Crippen LogP contribution >= 0.6 is 0 Å². The van der Waals surface area contributed by atoms with E-state index in [9.17, 15) is 4.79 Å². The second-order valence-electron chi connectivity index (χ2n) is 4.91. The van der Waals surface area contributed by atoms with E-state index in [1.54, 1.807) is 25.3 Å². The third-order valence-electron chi connectivity index (χ3n) is 3.25. The molecule has 0 unspecified atom stereocenters. The molecule has 2 amide bonds. The van der Waals surface area contributed by atoms with Crippen molar-refractivity contribution < 1.29 is 9.53 Å². The van der Waals surface area contributed by atoms with Crippen molar-refractivity contribution in [3.63, 3.8) is 0 Å². The zero-order chi connectivity index (χ0) is 14.6. The van der Waals surface area contributed by atoms with E-state index in [1.165, 1.54) is 0 Å². The second kappa shape index (κ2) is 6.41. The summed E-state index contributed by atoms with van der Waals surface area (Å²) >= 11 is 0. The molecule has 5 nitrogen and oxygen atoms in total. The molecule has 0 saturated heterocycles. The lowest BCUT2D eigenvalue weighted by Gasteiger charge is -2.22. The first-order valence-electron chi connectivity index (χ1n) is 6.38. The van der Waals surface area contributed by atoms with E-state index in [-0.39, 0.29) is 12.1 Å². The lowest BCUT2D eigenvalue weighted by Crippen LogP contribution is -2.41. The highest BCUT2D eigenvalue weighted by Gasteiger charge is 2.13. The number of carbonyl (C=O) groups is 1. The van der Waals surface area contributed by atoms with Gasteiger partial charge in [-0.1, -0.05) is 0 Å². The Kier molecular flexibility index (Phi) is 5.15. The van der Waals surface area contributed by atoms with Crippen molar-refractivity contribution in [1.82, 2.24) is 15.2 Å². The number of urea groups is 1. The van der Waals surface area contributed by atoms with Gasteiger partial charge in [-0.15, -0.1) is 0 Å². The van der Waals surface area contributed by atoms with Gasteiger partial charge < -0.3 is 15.0 Å². The fourth-order valence-electron chi connectivity index (χ4n) is 1.77. The molecule has 19 heavy (non-hydrogen) atoms. The maximum atomic E-state index is 11.8. The van der Waals surface area contributed by atoms with Crippen LogP contribution < -0.4 is 10.1 Å². The Morgan fingerprint density at radius 2 is 2.11 bits per heavy atom. The van der Waals surface area contributed by atoms with Gasteiger partial charge in [0.15, 0.2) is 0 Å². The SMILES string of the molecule is COc1c(C)cnc(CNC(=O)N(C)C(C)C)c1C. The number of hydrogen-bond donors (Lipinski definition) is 1. The molecule has 1 aromatic heterocycles. The maximum absolute atomic E-state index is 11.8. The van der Waals surface area contributed by atoms with E-state index < -0.39 is 0 Å². The average Bonchev–Trinajstić information content (AvgIpc) is 2.37. The fraction of sp³-hybridized carbons (Fsp3) is 0.571. The number of amides is 2. The number of rotatable bonds is 4. The summed E-state index contributed by atoms with van der Waals surface area (Å²) in [4.78, 5) is 17.8. The first-order chi connectivity index (χ1) is 8.88. The van der Waals surface area contributed by atoms with Gasteiger partial charge in [0.2, 0.25) is 0 Å². The summed E-state index contributed by atoms with van der Waals surface area (Å²) < 4.78 is 5.35. The molecule has 0 bridgehead atoms. The van der Waals surface area contributed by atoms with E-state index in [1.807, 2.05) is 27.7 Å². The van der Waals surface area contributed by atoms with E-state index in [4.69, 9.17) is 4.74 Å². The van der Waals surface area contributed by atoms with Crippen molar-refractivity contribution in [1.29, 1.82) is 0 Å². The van der Waals surface area contributed by atoms with Gasteiger partial charge in [0, 0.05) is 30.4 Å². The van der Waals surface area contributed by atoms with E-state index >= 15 is 0 Å². The van der Waals surface area contributed by atoms with Crippen molar-refractivity contribution in [3.05, 3.63) is 23.0 Å². The number of ether oxygens (including phenoxy) is 1. The molecule has 1 N–H and O–H groups in total. The molecule has 0 aliphatic carbocycles. The van der Waals surface area contributed by atoms with Gasteiger partial charge in [-0.25, -0.2) is 4.79 Å². The number of methoxy groups -OCH3 is 1. The van der Waals surface area contributed by atoms with E-state index in [0.29, 0.717) is 6.54 Å². The van der Waals surface area contributed by atoms with Crippen LogP contribution in [0.2, 0.25) is 0 Å². The largest absolute Gasteiger partial charge is 0.496 e. The number of nitrogens with zero attached hydrogens (tertiary/aromatic N) is 2. The molecule has 0 spiro atoms. The molecule has 1 aromatic rings. The van der Waals surface area contributed by atoms with Crippen molar-refractivity contribution >= 4 is 6.03 Å². The van der Waals surface area contributed by atoms with Gasteiger partial charge in [0.1, 0.15) is 5.75 Å². The minimum atomic E-state index is -0.101. The Bertz CT molecular complexity index is 458. The summed E-state index contributed by atoms with van der Waals surface area (Å²) in [6, 6.07) is 0.0670. The smallest absolute Gasteiger partial charge is 0.317 e. The highest BCUT2D eigenvalue weighted by atomic mass is 16.5. The Morgan fingerprint density at radius 1 is 1.47 bits per heavy atom. The van der Waals surface area contributed by atoms with Crippen molar-refractivity contribution in [2.24, 2.45) is 0 Å². The minimum absolute atomic E-state index is 0.101. The Labute approximate surface area is 115 Å². The quantitative estimate of drug-likeness (QED) is 0.908. The summed E-state index contributed by atoms with van der Waals surface area (Å²) in [5.41, 5.74) is 2.79. The summed E-state index contributed by atoms with van der Waals surface area (Å²) in [7, 11) is 3.42. The molecule has 0 aliphatic heterocycles. The highest BCUT2D eigenvalue weighted by molar-refractivity contribution is 5.74. The minimum Gasteiger partial charge on any atom is -0.496 e. The normalized spacial score (nSPS) is 10.5. The summed E-state index contributed by atoms with van der Waals surface area (Å²) in [6.07, 6.45) is 1.76. The van der Waals surface area contributed by atoms with Crippen LogP contribution in [-0.2, 0) is 6.54 Å². The highest BCUT2D eigenvalue weighted by Crippen LogP contribution is 2.23. The Hall–Kier alpha value is -1.78. The molecule has 0 aliphatic rings. The molecule has 0 fully saturated rings. The van der Waals surface area contributed by atoms with Crippen molar-refractivity contribution in [3.8, 4) is 5.75 Å². The van der Waals surface area contributed by atoms with Gasteiger partial charge in [-0.05, 0) is 27.7 Å². The lowest BCUT2D eigenvalue weighted by molar-refractivity contribution is 0.197. The molecule has 1 heterocycles. The monoisotopic (exact) mass is 265 g/mol. The van der Waals surface area contributed by atoms with Gasteiger partial charge in [0.05, 0.1) is 19.3 Å². The molecular weight excluding hydrogens is 242 g/mol.